The Labute approximate surface area is 220 Å². The van der Waals surface area contributed by atoms with Crippen LogP contribution in [0.4, 0.5) is 29.7 Å². The number of anilines is 2. The predicted octanol–water partition coefficient (Wildman–Crippen LogP) is 6.73. The van der Waals surface area contributed by atoms with Crippen LogP contribution in [0.2, 0.25) is 0 Å². The van der Waals surface area contributed by atoms with Crippen LogP contribution in [0.15, 0.2) is 109 Å². The van der Waals surface area contributed by atoms with Crippen LogP contribution in [0.3, 0.4) is 0 Å². The molecule has 4 rings (SSSR count). The lowest BCUT2D eigenvalue weighted by Gasteiger charge is -2.28. The van der Waals surface area contributed by atoms with Gasteiger partial charge in [0, 0.05) is 37.6 Å². The molecule has 0 saturated heterocycles. The monoisotopic (exact) mass is 514 g/mol. The first-order valence-electron chi connectivity index (χ1n) is 12.2. The third kappa shape index (κ3) is 7.89. The van der Waals surface area contributed by atoms with Crippen LogP contribution in [0.5, 0.6) is 0 Å². The van der Waals surface area contributed by atoms with E-state index in [-0.39, 0.29) is 25.2 Å². The van der Waals surface area contributed by atoms with Crippen molar-refractivity contribution in [3.63, 3.8) is 0 Å². The Morgan fingerprint density at radius 3 is 1.21 bits per heavy atom. The van der Waals surface area contributed by atoms with E-state index in [0.717, 1.165) is 11.1 Å². The molecule has 38 heavy (non-hydrogen) atoms. The Morgan fingerprint density at radius 1 is 0.526 bits per heavy atom. The zero-order valence-corrected chi connectivity index (χ0v) is 20.7. The number of rotatable bonds is 9. The van der Waals surface area contributed by atoms with Crippen LogP contribution in [0, 0.1) is 11.6 Å². The SMILES string of the molecule is O=C(Nc1ccc(F)cc1)N(CCN(Cc1ccccc1)C(=O)Nc1ccc(F)cc1)Cc1ccccc1. The predicted molar refractivity (Wildman–Crippen MR) is 145 cm³/mol. The highest BCUT2D eigenvalue weighted by atomic mass is 19.1. The lowest BCUT2D eigenvalue weighted by atomic mass is 10.2. The molecule has 0 spiro atoms. The normalized spacial score (nSPS) is 10.5. The summed E-state index contributed by atoms with van der Waals surface area (Å²) in [7, 11) is 0. The quantitative estimate of drug-likeness (QED) is 0.260. The number of amides is 4. The zero-order valence-electron chi connectivity index (χ0n) is 20.7. The number of hydrogen-bond acceptors (Lipinski definition) is 2. The van der Waals surface area contributed by atoms with Gasteiger partial charge in [-0.3, -0.25) is 0 Å². The van der Waals surface area contributed by atoms with E-state index in [1.165, 1.54) is 48.5 Å². The van der Waals surface area contributed by atoms with Gasteiger partial charge in [-0.05, 0) is 59.7 Å². The van der Waals surface area contributed by atoms with Crippen LogP contribution >= 0.6 is 0 Å². The Kier molecular flexibility index (Phi) is 9.02. The molecule has 2 N–H and O–H groups in total. The van der Waals surface area contributed by atoms with E-state index in [1.54, 1.807) is 9.80 Å². The Balaban J connectivity index is 1.51. The van der Waals surface area contributed by atoms with Crippen LogP contribution in [0.25, 0.3) is 0 Å². The zero-order chi connectivity index (χ0) is 26.7. The van der Waals surface area contributed by atoms with Crippen molar-refractivity contribution in [1.82, 2.24) is 9.80 Å². The number of hydrogen-bond donors (Lipinski definition) is 2. The molecule has 194 valence electrons. The van der Waals surface area contributed by atoms with Crippen molar-refractivity contribution in [2.75, 3.05) is 23.7 Å². The van der Waals surface area contributed by atoms with Gasteiger partial charge < -0.3 is 20.4 Å². The number of nitrogens with one attached hydrogen (secondary N) is 2. The molecule has 0 aromatic heterocycles. The van der Waals surface area contributed by atoms with Gasteiger partial charge >= 0.3 is 12.1 Å². The molecule has 0 heterocycles. The summed E-state index contributed by atoms with van der Waals surface area (Å²) in [5.74, 6) is -0.791. The van der Waals surface area contributed by atoms with Crippen LogP contribution in [0.1, 0.15) is 11.1 Å². The molecule has 0 aliphatic carbocycles. The van der Waals surface area contributed by atoms with Crippen LogP contribution in [-0.4, -0.2) is 35.0 Å². The Bertz CT molecular complexity index is 1210. The standard InChI is InChI=1S/C30H28F2N4O2/c31-25-11-15-27(16-12-25)33-29(37)35(21-23-7-3-1-4-8-23)19-20-36(22-24-9-5-2-6-10-24)30(38)34-28-17-13-26(32)14-18-28/h1-18H,19-22H2,(H,33,37)(H,34,38). The van der Waals surface area contributed by atoms with Crippen molar-refractivity contribution in [3.8, 4) is 0 Å². The molecular weight excluding hydrogens is 486 g/mol. The molecule has 0 saturated carbocycles. The van der Waals surface area contributed by atoms with Gasteiger partial charge in [0.2, 0.25) is 0 Å². The van der Waals surface area contributed by atoms with Gasteiger partial charge in [0.15, 0.2) is 0 Å². The Morgan fingerprint density at radius 2 is 0.868 bits per heavy atom. The number of benzene rings is 4. The highest BCUT2D eigenvalue weighted by Gasteiger charge is 2.20. The average molecular weight is 515 g/mol. The molecule has 0 atom stereocenters. The number of carbonyl (C=O) groups excluding carboxylic acids is 2. The van der Waals surface area contributed by atoms with E-state index in [9.17, 15) is 18.4 Å². The summed E-state index contributed by atoms with van der Waals surface area (Å²) in [6.45, 7) is 1.08. The molecule has 6 nitrogen and oxygen atoms in total. The lowest BCUT2D eigenvalue weighted by molar-refractivity contribution is 0.185. The number of urea groups is 2. The molecule has 0 unspecified atom stereocenters. The van der Waals surface area contributed by atoms with Gasteiger partial charge in [0.05, 0.1) is 0 Å². The highest BCUT2D eigenvalue weighted by Crippen LogP contribution is 2.14. The maximum atomic E-state index is 13.3. The molecule has 0 fully saturated rings. The van der Waals surface area contributed by atoms with Crippen LogP contribution in [-0.2, 0) is 13.1 Å². The van der Waals surface area contributed by atoms with Gasteiger partial charge in [-0.15, -0.1) is 0 Å². The third-order valence-electron chi connectivity index (χ3n) is 5.84. The molecule has 0 aliphatic heterocycles. The summed E-state index contributed by atoms with van der Waals surface area (Å²) < 4.78 is 26.7. The first-order chi connectivity index (χ1) is 18.5. The van der Waals surface area contributed by atoms with E-state index in [4.69, 9.17) is 0 Å². The van der Waals surface area contributed by atoms with Gasteiger partial charge in [0.25, 0.3) is 0 Å². The fraction of sp³-hybridized carbons (Fsp3) is 0.133. The minimum absolute atomic E-state index is 0.228. The van der Waals surface area contributed by atoms with Crippen molar-refractivity contribution in [3.05, 3.63) is 132 Å². The first-order valence-corrected chi connectivity index (χ1v) is 12.2. The molecule has 4 amide bonds. The second kappa shape index (κ2) is 13.0. The van der Waals surface area contributed by atoms with Crippen molar-refractivity contribution in [1.29, 1.82) is 0 Å². The van der Waals surface area contributed by atoms with Crippen molar-refractivity contribution in [2.45, 2.75) is 13.1 Å². The molecule has 0 aliphatic rings. The summed E-state index contributed by atoms with van der Waals surface area (Å²) in [6.07, 6.45) is 0. The second-order valence-electron chi connectivity index (χ2n) is 8.69. The number of nitrogens with zero attached hydrogens (tertiary/aromatic N) is 2. The fourth-order valence-electron chi connectivity index (χ4n) is 3.83. The maximum Gasteiger partial charge on any atom is 0.322 e. The van der Waals surface area contributed by atoms with Gasteiger partial charge in [-0.1, -0.05) is 60.7 Å². The number of carbonyl (C=O) groups is 2. The maximum absolute atomic E-state index is 13.3. The van der Waals surface area contributed by atoms with E-state index in [0.29, 0.717) is 24.5 Å². The minimum Gasteiger partial charge on any atom is -0.318 e. The molecule has 4 aromatic rings. The topological polar surface area (TPSA) is 64.7 Å². The van der Waals surface area contributed by atoms with E-state index < -0.39 is 11.6 Å². The summed E-state index contributed by atoms with van der Waals surface area (Å²) >= 11 is 0. The summed E-state index contributed by atoms with van der Waals surface area (Å²) in [6, 6.07) is 29.4. The van der Waals surface area contributed by atoms with Crippen molar-refractivity contribution in [2.24, 2.45) is 0 Å². The third-order valence-corrected chi connectivity index (χ3v) is 5.84. The van der Waals surface area contributed by atoms with E-state index >= 15 is 0 Å². The van der Waals surface area contributed by atoms with E-state index in [1.807, 2.05) is 60.7 Å². The summed E-state index contributed by atoms with van der Waals surface area (Å²) in [4.78, 5) is 29.7. The highest BCUT2D eigenvalue weighted by molar-refractivity contribution is 5.90. The van der Waals surface area contributed by atoms with Crippen molar-refractivity contribution < 1.29 is 18.4 Å². The van der Waals surface area contributed by atoms with Gasteiger partial charge in [0.1, 0.15) is 11.6 Å². The summed E-state index contributed by atoms with van der Waals surface area (Å²) in [5.41, 5.74) is 2.77. The first kappa shape index (κ1) is 26.3. The molecule has 0 bridgehead atoms. The fourth-order valence-corrected chi connectivity index (χ4v) is 3.83. The summed E-state index contributed by atoms with van der Waals surface area (Å²) in [5, 5.41) is 5.61. The number of halogens is 2. The molecular formula is C30H28F2N4O2. The lowest BCUT2D eigenvalue weighted by Crippen LogP contribution is -2.43. The minimum atomic E-state index is -0.395. The van der Waals surface area contributed by atoms with Gasteiger partial charge in [-0.25, -0.2) is 18.4 Å². The van der Waals surface area contributed by atoms with Gasteiger partial charge in [-0.2, -0.15) is 0 Å². The molecule has 0 radical (unpaired) electrons. The van der Waals surface area contributed by atoms with Crippen LogP contribution < -0.4 is 10.6 Å². The second-order valence-corrected chi connectivity index (χ2v) is 8.69. The average Bonchev–Trinajstić information content (AvgIpc) is 2.93. The van der Waals surface area contributed by atoms with Crippen molar-refractivity contribution >= 4 is 23.4 Å². The molecule has 4 aromatic carbocycles. The smallest absolute Gasteiger partial charge is 0.318 e. The largest absolute Gasteiger partial charge is 0.322 e. The molecule has 8 heteroatoms. The van der Waals surface area contributed by atoms with E-state index in [2.05, 4.69) is 10.6 Å². The Hall–Kier alpha value is -4.72.